The average molecular weight is 458 g/mol. The zero-order valence-electron chi connectivity index (χ0n) is 16.9. The van der Waals surface area contributed by atoms with Gasteiger partial charge >= 0.3 is 6.09 Å². The second kappa shape index (κ2) is 8.98. The molecule has 1 fully saturated rings. The van der Waals surface area contributed by atoms with E-state index in [-0.39, 0.29) is 21.7 Å². The molecule has 2 aromatic carbocycles. The van der Waals surface area contributed by atoms with E-state index in [9.17, 15) is 13.6 Å². The smallest absolute Gasteiger partial charge is 0.410 e. The third kappa shape index (κ3) is 5.16. The van der Waals surface area contributed by atoms with E-state index in [4.69, 9.17) is 32.7 Å². The molecular formula is C22H23Cl2F2NO3. The van der Waals surface area contributed by atoms with Gasteiger partial charge in [0.1, 0.15) is 33.4 Å². The molecule has 0 aliphatic carbocycles. The molecule has 3 rings (SSSR count). The molecule has 0 saturated carbocycles. The van der Waals surface area contributed by atoms with Crippen molar-refractivity contribution >= 4 is 29.3 Å². The number of carbonyl (C=O) groups is 1. The Labute approximate surface area is 184 Å². The van der Waals surface area contributed by atoms with E-state index < -0.39 is 29.4 Å². The van der Waals surface area contributed by atoms with Gasteiger partial charge in [-0.25, -0.2) is 13.6 Å². The zero-order valence-corrected chi connectivity index (χ0v) is 18.4. The quantitative estimate of drug-likeness (QED) is 0.482. The topological polar surface area (TPSA) is 38.8 Å². The molecule has 0 bridgehead atoms. The van der Waals surface area contributed by atoms with Crippen LogP contribution in [0.25, 0.3) is 0 Å². The molecule has 8 heteroatoms. The van der Waals surface area contributed by atoms with E-state index in [0.29, 0.717) is 25.6 Å². The summed E-state index contributed by atoms with van der Waals surface area (Å²) in [6, 6.07) is 9.83. The number of carbonyl (C=O) groups excluding carboxylic acids is 1. The van der Waals surface area contributed by atoms with Gasteiger partial charge in [0.2, 0.25) is 0 Å². The van der Waals surface area contributed by atoms with E-state index in [2.05, 4.69) is 0 Å². The maximum absolute atomic E-state index is 14.0. The van der Waals surface area contributed by atoms with Crippen LogP contribution in [0.15, 0.2) is 36.4 Å². The van der Waals surface area contributed by atoms with Crippen molar-refractivity contribution in [2.75, 3.05) is 13.1 Å². The highest BCUT2D eigenvalue weighted by atomic mass is 35.5. The Bertz CT molecular complexity index is 893. The summed E-state index contributed by atoms with van der Waals surface area (Å²) in [6.45, 7) is 6.25. The fourth-order valence-electron chi connectivity index (χ4n) is 3.39. The van der Waals surface area contributed by atoms with Gasteiger partial charge in [-0.3, -0.25) is 0 Å². The van der Waals surface area contributed by atoms with Gasteiger partial charge in [-0.15, -0.1) is 0 Å². The third-order valence-corrected chi connectivity index (χ3v) is 5.45. The third-order valence-electron chi connectivity index (χ3n) is 4.75. The number of halogens is 4. The monoisotopic (exact) mass is 457 g/mol. The predicted molar refractivity (Wildman–Crippen MR) is 112 cm³/mol. The van der Waals surface area contributed by atoms with Gasteiger partial charge in [0.25, 0.3) is 0 Å². The molecular weight excluding hydrogens is 435 g/mol. The van der Waals surface area contributed by atoms with Crippen LogP contribution in [-0.2, 0) is 4.74 Å². The van der Waals surface area contributed by atoms with Crippen LogP contribution >= 0.6 is 23.2 Å². The number of nitrogens with zero attached hydrogens (tertiary/aromatic N) is 1. The lowest BCUT2D eigenvalue weighted by molar-refractivity contribution is 0.0273. The van der Waals surface area contributed by atoms with Gasteiger partial charge in [0, 0.05) is 25.1 Å². The Kier molecular flexibility index (Phi) is 6.78. The number of likely N-dealkylation sites (tertiary alicyclic amines) is 1. The Hall–Kier alpha value is -2.05. The first-order valence-electron chi connectivity index (χ1n) is 9.59. The molecule has 2 aromatic rings. The van der Waals surface area contributed by atoms with Crippen molar-refractivity contribution in [2.45, 2.75) is 38.9 Å². The first kappa shape index (κ1) is 22.6. The zero-order chi connectivity index (χ0) is 22.1. The summed E-state index contributed by atoms with van der Waals surface area (Å²) in [5, 5.41) is -0.770. The van der Waals surface area contributed by atoms with Crippen molar-refractivity contribution in [3.63, 3.8) is 0 Å². The first-order chi connectivity index (χ1) is 14.1. The van der Waals surface area contributed by atoms with Crippen molar-refractivity contribution in [3.8, 4) is 5.75 Å². The minimum absolute atomic E-state index is 0.154. The second-order valence-electron chi connectivity index (χ2n) is 8.22. The van der Waals surface area contributed by atoms with Crippen LogP contribution in [-0.4, -0.2) is 29.7 Å². The summed E-state index contributed by atoms with van der Waals surface area (Å²) in [4.78, 5) is 14.0. The first-order valence-corrected chi connectivity index (χ1v) is 10.3. The summed E-state index contributed by atoms with van der Waals surface area (Å²) in [7, 11) is 0. The van der Waals surface area contributed by atoms with Crippen molar-refractivity contribution in [1.29, 1.82) is 0 Å². The molecule has 1 heterocycles. The van der Waals surface area contributed by atoms with Crippen molar-refractivity contribution in [3.05, 3.63) is 63.6 Å². The van der Waals surface area contributed by atoms with Crippen LogP contribution in [0.1, 0.15) is 38.9 Å². The fraction of sp³-hybridized carbons (Fsp3) is 0.409. The number of amides is 1. The Morgan fingerprint density at radius 3 is 2.30 bits per heavy atom. The minimum atomic E-state index is -0.956. The molecule has 30 heavy (non-hydrogen) atoms. The molecule has 1 saturated heterocycles. The molecule has 1 aliphatic heterocycles. The normalized spacial score (nSPS) is 17.7. The lowest BCUT2D eigenvalue weighted by Gasteiger charge is -2.27. The van der Waals surface area contributed by atoms with E-state index in [1.165, 1.54) is 0 Å². The number of hydrogen-bond acceptors (Lipinski definition) is 3. The van der Waals surface area contributed by atoms with Gasteiger partial charge in [0.15, 0.2) is 5.75 Å². The highest BCUT2D eigenvalue weighted by molar-refractivity contribution is 6.37. The van der Waals surface area contributed by atoms with Gasteiger partial charge < -0.3 is 14.4 Å². The molecule has 1 amide bonds. The second-order valence-corrected chi connectivity index (χ2v) is 8.98. The van der Waals surface area contributed by atoms with Crippen molar-refractivity contribution < 1.29 is 23.0 Å². The largest absolute Gasteiger partial charge is 0.482 e. The van der Waals surface area contributed by atoms with Crippen molar-refractivity contribution in [2.24, 2.45) is 5.92 Å². The SMILES string of the molecule is CC(C)(C)OC(=O)N1CC[C@H](C(Oc2c(Cl)c(F)cc(F)c2Cl)c2ccccc2)C1. The summed E-state index contributed by atoms with van der Waals surface area (Å²) >= 11 is 12.0. The van der Waals surface area contributed by atoms with Crippen LogP contribution in [0.3, 0.4) is 0 Å². The molecule has 0 spiro atoms. The molecule has 2 atom stereocenters. The van der Waals surface area contributed by atoms with E-state index >= 15 is 0 Å². The van der Waals surface area contributed by atoms with Crippen LogP contribution in [0.2, 0.25) is 10.0 Å². The molecule has 1 unspecified atom stereocenters. The summed E-state index contributed by atoms with van der Waals surface area (Å²) < 4.78 is 39.5. The maximum atomic E-state index is 14.0. The summed E-state index contributed by atoms with van der Waals surface area (Å²) in [5.74, 6) is -2.32. The fourth-order valence-corrected chi connectivity index (χ4v) is 3.82. The number of rotatable bonds is 4. The van der Waals surface area contributed by atoms with Crippen LogP contribution < -0.4 is 4.74 Å². The number of ether oxygens (including phenoxy) is 2. The van der Waals surface area contributed by atoms with Gasteiger partial charge in [-0.05, 0) is 32.8 Å². The molecule has 0 radical (unpaired) electrons. The lowest BCUT2D eigenvalue weighted by Crippen LogP contribution is -2.36. The van der Waals surface area contributed by atoms with E-state index in [1.54, 1.807) is 25.7 Å². The maximum Gasteiger partial charge on any atom is 0.410 e. The van der Waals surface area contributed by atoms with E-state index in [1.807, 2.05) is 30.3 Å². The molecule has 0 aromatic heterocycles. The lowest BCUT2D eigenvalue weighted by atomic mass is 9.94. The van der Waals surface area contributed by atoms with E-state index in [0.717, 1.165) is 5.56 Å². The Morgan fingerprint density at radius 1 is 1.13 bits per heavy atom. The van der Waals surface area contributed by atoms with Gasteiger partial charge in [-0.1, -0.05) is 53.5 Å². The highest BCUT2D eigenvalue weighted by Crippen LogP contribution is 2.42. The average Bonchev–Trinajstić information content (AvgIpc) is 3.16. The van der Waals surface area contributed by atoms with Crippen LogP contribution in [0.5, 0.6) is 5.75 Å². The minimum Gasteiger partial charge on any atom is -0.482 e. The standard InChI is InChI=1S/C22H23Cl2F2NO3/c1-22(2,3)30-21(28)27-10-9-14(12-27)19(13-7-5-4-6-8-13)29-20-17(23)15(25)11-16(26)18(20)24/h4-8,11,14,19H,9-10,12H2,1-3H3/t14-,19?/m0/s1. The molecule has 162 valence electrons. The van der Waals surface area contributed by atoms with Crippen LogP contribution in [0.4, 0.5) is 13.6 Å². The molecule has 0 N–H and O–H groups in total. The van der Waals surface area contributed by atoms with Crippen molar-refractivity contribution in [1.82, 2.24) is 4.90 Å². The van der Waals surface area contributed by atoms with Gasteiger partial charge in [0.05, 0.1) is 0 Å². The summed E-state index contributed by atoms with van der Waals surface area (Å²) in [6.07, 6.45) is -0.411. The molecule has 1 aliphatic rings. The Balaban J connectivity index is 1.88. The molecule has 4 nitrogen and oxygen atoms in total. The number of hydrogen-bond donors (Lipinski definition) is 0. The van der Waals surface area contributed by atoms with Gasteiger partial charge in [-0.2, -0.15) is 0 Å². The Morgan fingerprint density at radius 2 is 1.73 bits per heavy atom. The predicted octanol–water partition coefficient (Wildman–Crippen LogP) is 6.65. The van der Waals surface area contributed by atoms with Crippen LogP contribution in [0, 0.1) is 17.6 Å². The number of benzene rings is 2. The summed E-state index contributed by atoms with van der Waals surface area (Å²) in [5.41, 5.74) is 0.176. The highest BCUT2D eigenvalue weighted by Gasteiger charge is 2.37.